The van der Waals surface area contributed by atoms with Gasteiger partial charge in [0, 0.05) is 21.8 Å². The lowest BCUT2D eigenvalue weighted by atomic mass is 10.2. The molecule has 2 aromatic rings. The van der Waals surface area contributed by atoms with Crippen molar-refractivity contribution in [3.8, 4) is 0 Å². The zero-order valence-corrected chi connectivity index (χ0v) is 10.6. The highest BCUT2D eigenvalue weighted by atomic mass is 35.5. The van der Waals surface area contributed by atoms with E-state index in [1.165, 1.54) is 0 Å². The molecule has 2 aromatic carbocycles. The van der Waals surface area contributed by atoms with Crippen molar-refractivity contribution < 1.29 is 0 Å². The zero-order chi connectivity index (χ0) is 12.1. The van der Waals surface area contributed by atoms with Gasteiger partial charge >= 0.3 is 0 Å². The van der Waals surface area contributed by atoms with E-state index in [9.17, 15) is 0 Å². The summed E-state index contributed by atoms with van der Waals surface area (Å²) in [5.41, 5.74) is 1.93. The van der Waals surface area contributed by atoms with Crippen LogP contribution in [0.2, 0.25) is 10.0 Å². The maximum Gasteiger partial charge on any atom is 0.0654 e. The van der Waals surface area contributed by atoms with Crippen LogP contribution < -0.4 is 0 Å². The molecular weight excluding hydrogens is 253 g/mol. The second-order valence-corrected chi connectivity index (χ2v) is 4.40. The lowest BCUT2D eigenvalue weighted by Crippen LogP contribution is -1.86. The van der Waals surface area contributed by atoms with E-state index >= 15 is 0 Å². The van der Waals surface area contributed by atoms with Gasteiger partial charge in [-0.2, -0.15) is 0 Å². The van der Waals surface area contributed by atoms with E-state index in [4.69, 9.17) is 23.2 Å². The maximum absolute atomic E-state index is 6.04. The average Bonchev–Trinajstić information content (AvgIpc) is 2.34. The largest absolute Gasteiger partial charge is 0.288 e. The Balaban J connectivity index is 2.09. The first kappa shape index (κ1) is 12.2. The van der Waals surface area contributed by atoms with E-state index in [2.05, 4.69) is 4.99 Å². The summed E-state index contributed by atoms with van der Waals surface area (Å²) in [7, 11) is 0. The molecule has 0 radical (unpaired) electrons. The van der Waals surface area contributed by atoms with Gasteiger partial charge in [-0.25, -0.2) is 0 Å². The van der Waals surface area contributed by atoms with Gasteiger partial charge in [0.2, 0.25) is 0 Å². The molecule has 17 heavy (non-hydrogen) atoms. The van der Waals surface area contributed by atoms with Crippen molar-refractivity contribution in [2.24, 2.45) is 4.99 Å². The van der Waals surface area contributed by atoms with Crippen LogP contribution in [0.1, 0.15) is 11.1 Å². The molecule has 0 aliphatic rings. The molecule has 0 aliphatic carbocycles. The second kappa shape index (κ2) is 5.85. The van der Waals surface area contributed by atoms with Crippen LogP contribution in [0.25, 0.3) is 0 Å². The molecule has 0 unspecified atom stereocenters. The number of hydrogen-bond acceptors (Lipinski definition) is 1. The van der Waals surface area contributed by atoms with Crippen LogP contribution in [0.3, 0.4) is 0 Å². The predicted octanol–water partition coefficient (Wildman–Crippen LogP) is 4.61. The van der Waals surface area contributed by atoms with Crippen LogP contribution in [0, 0.1) is 0 Å². The third-order valence-electron chi connectivity index (χ3n) is 2.36. The molecule has 0 atom stereocenters. The average molecular weight is 264 g/mol. The molecule has 0 fully saturated rings. The molecule has 0 heterocycles. The smallest absolute Gasteiger partial charge is 0.0654 e. The molecule has 86 valence electrons. The minimum absolute atomic E-state index is 0.560. The molecule has 0 N–H and O–H groups in total. The van der Waals surface area contributed by atoms with E-state index in [0.29, 0.717) is 11.6 Å². The highest BCUT2D eigenvalue weighted by Gasteiger charge is 1.97. The van der Waals surface area contributed by atoms with Crippen LogP contribution in [-0.2, 0) is 6.54 Å². The fraction of sp³-hybridized carbons (Fsp3) is 0.0714. The number of rotatable bonds is 3. The molecule has 2 rings (SSSR count). The summed E-state index contributed by atoms with van der Waals surface area (Å²) in [5.74, 6) is 0. The Morgan fingerprint density at radius 3 is 2.24 bits per heavy atom. The Labute approximate surface area is 111 Å². The van der Waals surface area contributed by atoms with Gasteiger partial charge in [0.05, 0.1) is 6.54 Å². The zero-order valence-electron chi connectivity index (χ0n) is 9.11. The fourth-order valence-corrected chi connectivity index (χ4v) is 1.83. The first-order chi connectivity index (χ1) is 8.27. The minimum Gasteiger partial charge on any atom is -0.288 e. The molecule has 0 saturated heterocycles. The number of halogens is 2. The first-order valence-corrected chi connectivity index (χ1v) is 6.01. The maximum atomic E-state index is 6.04. The van der Waals surface area contributed by atoms with Crippen LogP contribution in [-0.4, -0.2) is 6.21 Å². The molecule has 1 nitrogen and oxygen atoms in total. The van der Waals surface area contributed by atoms with Crippen molar-refractivity contribution in [3.63, 3.8) is 0 Å². The Bertz CT molecular complexity index is 535. The lowest BCUT2D eigenvalue weighted by Gasteiger charge is -1.99. The molecule has 0 saturated carbocycles. The quantitative estimate of drug-likeness (QED) is 0.718. The van der Waals surface area contributed by atoms with Crippen LogP contribution in [0.5, 0.6) is 0 Å². The normalized spacial score (nSPS) is 10.9. The summed E-state index contributed by atoms with van der Waals surface area (Å²) in [5, 5.41) is 1.44. The molecule has 0 bridgehead atoms. The number of nitrogens with zero attached hydrogens (tertiary/aromatic N) is 1. The van der Waals surface area contributed by atoms with Crippen molar-refractivity contribution >= 4 is 29.4 Å². The van der Waals surface area contributed by atoms with Crippen molar-refractivity contribution in [2.45, 2.75) is 6.54 Å². The minimum atomic E-state index is 0.560. The van der Waals surface area contributed by atoms with Crippen molar-refractivity contribution in [1.29, 1.82) is 0 Å². The third kappa shape index (κ3) is 3.32. The van der Waals surface area contributed by atoms with Gasteiger partial charge in [-0.05, 0) is 17.7 Å². The van der Waals surface area contributed by atoms with E-state index in [1.54, 1.807) is 6.21 Å². The Kier molecular flexibility index (Phi) is 4.18. The summed E-state index contributed by atoms with van der Waals surface area (Å²) in [6, 6.07) is 15.3. The first-order valence-electron chi connectivity index (χ1n) is 5.25. The van der Waals surface area contributed by atoms with E-state index < -0.39 is 0 Å². The van der Waals surface area contributed by atoms with Gasteiger partial charge in [-0.3, -0.25) is 4.99 Å². The summed E-state index contributed by atoms with van der Waals surface area (Å²) < 4.78 is 0. The molecule has 0 amide bonds. The monoisotopic (exact) mass is 263 g/mol. The molecule has 0 aliphatic heterocycles. The van der Waals surface area contributed by atoms with Gasteiger partial charge in [-0.15, -0.1) is 0 Å². The second-order valence-electron chi connectivity index (χ2n) is 3.58. The van der Waals surface area contributed by atoms with Crippen molar-refractivity contribution in [1.82, 2.24) is 0 Å². The highest BCUT2D eigenvalue weighted by molar-refractivity contribution is 6.33. The number of hydrogen-bond donors (Lipinski definition) is 0. The fourth-order valence-electron chi connectivity index (χ4n) is 1.45. The third-order valence-corrected chi connectivity index (χ3v) is 3.07. The van der Waals surface area contributed by atoms with E-state index in [1.807, 2.05) is 48.5 Å². The van der Waals surface area contributed by atoms with Crippen LogP contribution >= 0.6 is 23.2 Å². The predicted molar refractivity (Wildman–Crippen MR) is 74.2 cm³/mol. The standard InChI is InChI=1S/C14H11Cl2N/c15-13-7-3-1-5-11(13)9-17-10-12-6-2-4-8-14(12)16/h1-9H,10H2. The van der Waals surface area contributed by atoms with Gasteiger partial charge in [0.1, 0.15) is 0 Å². The van der Waals surface area contributed by atoms with Crippen molar-refractivity contribution in [2.75, 3.05) is 0 Å². The summed E-state index contributed by atoms with van der Waals surface area (Å²) in [6.45, 7) is 0.560. The molecule has 0 spiro atoms. The lowest BCUT2D eigenvalue weighted by molar-refractivity contribution is 1.08. The molecule has 0 aromatic heterocycles. The Hall–Kier alpha value is -1.31. The van der Waals surface area contributed by atoms with Gasteiger partial charge in [0.15, 0.2) is 0 Å². The summed E-state index contributed by atoms with van der Waals surface area (Å²) in [4.78, 5) is 4.34. The van der Waals surface area contributed by atoms with Gasteiger partial charge < -0.3 is 0 Å². The van der Waals surface area contributed by atoms with Gasteiger partial charge in [0.25, 0.3) is 0 Å². The SMILES string of the molecule is Clc1ccccc1C=NCc1ccccc1Cl. The summed E-state index contributed by atoms with van der Waals surface area (Å²) >= 11 is 12.1. The van der Waals surface area contributed by atoms with Crippen molar-refractivity contribution in [3.05, 3.63) is 69.7 Å². The van der Waals surface area contributed by atoms with Gasteiger partial charge in [-0.1, -0.05) is 59.6 Å². The number of aliphatic imine (C=N–C) groups is 1. The number of benzene rings is 2. The molecule has 3 heteroatoms. The Morgan fingerprint density at radius 1 is 0.882 bits per heavy atom. The van der Waals surface area contributed by atoms with E-state index in [-0.39, 0.29) is 0 Å². The van der Waals surface area contributed by atoms with Crippen LogP contribution in [0.15, 0.2) is 53.5 Å². The molecular formula is C14H11Cl2N. The highest BCUT2D eigenvalue weighted by Crippen LogP contribution is 2.16. The Morgan fingerprint density at radius 2 is 1.53 bits per heavy atom. The summed E-state index contributed by atoms with van der Waals surface area (Å²) in [6.07, 6.45) is 1.77. The van der Waals surface area contributed by atoms with E-state index in [0.717, 1.165) is 16.1 Å². The topological polar surface area (TPSA) is 12.4 Å². The van der Waals surface area contributed by atoms with Crippen LogP contribution in [0.4, 0.5) is 0 Å².